The van der Waals surface area contributed by atoms with Crippen LogP contribution in [0.2, 0.25) is 0 Å². The lowest BCUT2D eigenvalue weighted by Crippen LogP contribution is -2.30. The van der Waals surface area contributed by atoms with Gasteiger partial charge >= 0.3 is 0 Å². The van der Waals surface area contributed by atoms with Crippen molar-refractivity contribution in [2.24, 2.45) is 0 Å². The zero-order valence-electron chi connectivity index (χ0n) is 15.3. The summed E-state index contributed by atoms with van der Waals surface area (Å²) in [7, 11) is 0. The van der Waals surface area contributed by atoms with Crippen molar-refractivity contribution in [3.63, 3.8) is 0 Å². The molecule has 2 rings (SSSR count). The fraction of sp³-hybridized carbons (Fsp3) is 0.550. The van der Waals surface area contributed by atoms with Crippen LogP contribution in [0.4, 0.5) is 0 Å². The third kappa shape index (κ3) is 6.78. The molecule has 0 spiro atoms. The number of hydrogen-bond donors (Lipinski definition) is 1. The molecule has 1 atom stereocenters. The molecule has 1 heterocycles. The molecule has 1 saturated heterocycles. The van der Waals surface area contributed by atoms with E-state index < -0.39 is 0 Å². The number of carbonyl (C=O) groups is 1. The second-order valence-corrected chi connectivity index (χ2v) is 6.05. The number of carbonyl (C=O) groups excluding carboxylic acids is 1. The van der Waals surface area contributed by atoms with Gasteiger partial charge in [-0.1, -0.05) is 19.4 Å². The van der Waals surface area contributed by atoms with Crippen molar-refractivity contribution < 1.29 is 19.0 Å². The number of rotatable bonds is 10. The van der Waals surface area contributed by atoms with E-state index in [2.05, 4.69) is 12.2 Å². The maximum absolute atomic E-state index is 11.9. The summed E-state index contributed by atoms with van der Waals surface area (Å²) in [4.78, 5) is 11.9. The van der Waals surface area contributed by atoms with E-state index >= 15 is 0 Å². The first-order chi connectivity index (χ1) is 12.2. The molecule has 1 aliphatic heterocycles. The van der Waals surface area contributed by atoms with E-state index in [9.17, 15) is 4.79 Å². The SMILES string of the molecule is CCCCOc1ccc(/C=C/C(=O)NCC2CCCO2)cc1OCC. The summed E-state index contributed by atoms with van der Waals surface area (Å²) >= 11 is 0. The molecular weight excluding hydrogens is 318 g/mol. The first-order valence-corrected chi connectivity index (χ1v) is 9.20. The highest BCUT2D eigenvalue weighted by Gasteiger charge is 2.15. The average molecular weight is 347 g/mol. The minimum Gasteiger partial charge on any atom is -0.490 e. The lowest BCUT2D eigenvalue weighted by atomic mass is 10.2. The molecule has 138 valence electrons. The summed E-state index contributed by atoms with van der Waals surface area (Å²) in [5.41, 5.74) is 0.901. The van der Waals surface area contributed by atoms with Gasteiger partial charge in [0.2, 0.25) is 5.91 Å². The van der Waals surface area contributed by atoms with Gasteiger partial charge in [-0.3, -0.25) is 4.79 Å². The van der Waals surface area contributed by atoms with Gasteiger partial charge in [0.1, 0.15) is 0 Å². The number of benzene rings is 1. The molecule has 0 aliphatic carbocycles. The standard InChI is InChI=1S/C20H29NO4/c1-3-5-12-25-18-10-8-16(14-19(18)23-4-2)9-11-20(22)21-15-17-7-6-13-24-17/h8-11,14,17H,3-7,12-13,15H2,1-2H3,(H,21,22)/b11-9+. The Kier molecular flexibility index (Phi) is 8.32. The van der Waals surface area contributed by atoms with Crippen molar-refractivity contribution in [1.82, 2.24) is 5.32 Å². The van der Waals surface area contributed by atoms with Crippen LogP contribution >= 0.6 is 0 Å². The Bertz CT molecular complexity index is 565. The maximum Gasteiger partial charge on any atom is 0.244 e. The van der Waals surface area contributed by atoms with Gasteiger partial charge in [-0.25, -0.2) is 0 Å². The highest BCUT2D eigenvalue weighted by Crippen LogP contribution is 2.29. The van der Waals surface area contributed by atoms with Crippen LogP contribution in [0.5, 0.6) is 11.5 Å². The highest BCUT2D eigenvalue weighted by atomic mass is 16.5. The summed E-state index contributed by atoms with van der Waals surface area (Å²) in [5, 5.41) is 2.87. The Balaban J connectivity index is 1.90. The van der Waals surface area contributed by atoms with Gasteiger partial charge in [0.15, 0.2) is 11.5 Å². The van der Waals surface area contributed by atoms with Gasteiger partial charge in [0, 0.05) is 19.2 Å². The van der Waals surface area contributed by atoms with Crippen LogP contribution in [0.25, 0.3) is 6.08 Å². The molecule has 0 bridgehead atoms. The molecule has 5 nitrogen and oxygen atoms in total. The molecule has 0 aromatic heterocycles. The minimum atomic E-state index is -0.114. The van der Waals surface area contributed by atoms with E-state index in [0.29, 0.717) is 25.5 Å². The van der Waals surface area contributed by atoms with E-state index in [4.69, 9.17) is 14.2 Å². The first-order valence-electron chi connectivity index (χ1n) is 9.20. The number of ether oxygens (including phenoxy) is 3. The summed E-state index contributed by atoms with van der Waals surface area (Å²) in [5.74, 6) is 1.34. The zero-order valence-corrected chi connectivity index (χ0v) is 15.3. The van der Waals surface area contributed by atoms with E-state index in [1.807, 2.05) is 25.1 Å². The van der Waals surface area contributed by atoms with Crippen molar-refractivity contribution in [1.29, 1.82) is 0 Å². The normalized spacial score (nSPS) is 17.0. The minimum absolute atomic E-state index is 0.114. The predicted molar refractivity (Wildman–Crippen MR) is 99.0 cm³/mol. The van der Waals surface area contributed by atoms with Gasteiger partial charge < -0.3 is 19.5 Å². The van der Waals surface area contributed by atoms with Crippen LogP contribution in [-0.2, 0) is 9.53 Å². The second-order valence-electron chi connectivity index (χ2n) is 6.05. The summed E-state index contributed by atoms with van der Waals surface area (Å²) in [6.45, 7) is 6.68. The number of amides is 1. The Morgan fingerprint density at radius 1 is 1.32 bits per heavy atom. The van der Waals surface area contributed by atoms with Gasteiger partial charge in [0.25, 0.3) is 0 Å². The van der Waals surface area contributed by atoms with Crippen LogP contribution in [0.3, 0.4) is 0 Å². The molecule has 1 aliphatic rings. The molecule has 1 amide bonds. The van der Waals surface area contributed by atoms with Gasteiger partial charge in [-0.2, -0.15) is 0 Å². The average Bonchev–Trinajstić information content (AvgIpc) is 3.14. The summed E-state index contributed by atoms with van der Waals surface area (Å²) in [6.07, 6.45) is 7.66. The number of unbranched alkanes of at least 4 members (excludes halogenated alkanes) is 1. The Morgan fingerprint density at radius 3 is 2.92 bits per heavy atom. The van der Waals surface area contributed by atoms with Crippen LogP contribution < -0.4 is 14.8 Å². The van der Waals surface area contributed by atoms with Crippen molar-refractivity contribution >= 4 is 12.0 Å². The second kappa shape index (κ2) is 10.8. The lowest BCUT2D eigenvalue weighted by molar-refractivity contribution is -0.116. The molecule has 1 aromatic rings. The lowest BCUT2D eigenvalue weighted by Gasteiger charge is -2.12. The fourth-order valence-electron chi connectivity index (χ4n) is 2.59. The third-order valence-corrected chi connectivity index (χ3v) is 3.98. The smallest absolute Gasteiger partial charge is 0.244 e. The van der Waals surface area contributed by atoms with Crippen LogP contribution in [0, 0.1) is 0 Å². The number of nitrogens with one attached hydrogen (secondary N) is 1. The molecular formula is C20H29NO4. The van der Waals surface area contributed by atoms with Crippen LogP contribution in [0.1, 0.15) is 45.1 Å². The van der Waals surface area contributed by atoms with Gasteiger partial charge in [-0.05, 0) is 50.0 Å². The number of hydrogen-bond acceptors (Lipinski definition) is 4. The quantitative estimate of drug-likeness (QED) is 0.519. The van der Waals surface area contributed by atoms with Crippen molar-refractivity contribution in [2.45, 2.75) is 45.6 Å². The van der Waals surface area contributed by atoms with Gasteiger partial charge in [0.05, 0.1) is 19.3 Å². The molecule has 0 saturated carbocycles. The monoisotopic (exact) mass is 347 g/mol. The highest BCUT2D eigenvalue weighted by molar-refractivity contribution is 5.91. The van der Waals surface area contributed by atoms with Crippen LogP contribution in [0.15, 0.2) is 24.3 Å². The first kappa shape index (κ1) is 19.3. The van der Waals surface area contributed by atoms with E-state index in [1.165, 1.54) is 6.08 Å². The molecule has 0 radical (unpaired) electrons. The Hall–Kier alpha value is -2.01. The predicted octanol–water partition coefficient (Wildman–Crippen LogP) is 3.57. The fourth-order valence-corrected chi connectivity index (χ4v) is 2.59. The molecule has 1 unspecified atom stereocenters. The van der Waals surface area contributed by atoms with Crippen molar-refractivity contribution in [2.75, 3.05) is 26.4 Å². The molecule has 1 fully saturated rings. The molecule has 1 aromatic carbocycles. The van der Waals surface area contributed by atoms with E-state index in [-0.39, 0.29) is 12.0 Å². The largest absolute Gasteiger partial charge is 0.490 e. The molecule has 1 N–H and O–H groups in total. The Labute approximate surface area is 150 Å². The topological polar surface area (TPSA) is 56.8 Å². The Morgan fingerprint density at radius 2 is 2.20 bits per heavy atom. The summed E-state index contributed by atoms with van der Waals surface area (Å²) in [6, 6.07) is 5.72. The summed E-state index contributed by atoms with van der Waals surface area (Å²) < 4.78 is 16.9. The van der Waals surface area contributed by atoms with Crippen LogP contribution in [-0.4, -0.2) is 38.4 Å². The van der Waals surface area contributed by atoms with E-state index in [1.54, 1.807) is 6.08 Å². The molecule has 25 heavy (non-hydrogen) atoms. The maximum atomic E-state index is 11.9. The third-order valence-electron chi connectivity index (χ3n) is 3.98. The van der Waals surface area contributed by atoms with Crippen molar-refractivity contribution in [3.05, 3.63) is 29.8 Å². The zero-order chi connectivity index (χ0) is 17.9. The van der Waals surface area contributed by atoms with E-state index in [0.717, 1.165) is 43.6 Å². The van der Waals surface area contributed by atoms with Crippen molar-refractivity contribution in [3.8, 4) is 11.5 Å². The molecule has 5 heteroatoms. The van der Waals surface area contributed by atoms with Gasteiger partial charge in [-0.15, -0.1) is 0 Å².